The van der Waals surface area contributed by atoms with Crippen molar-refractivity contribution >= 4 is 5.91 Å². The molecule has 4 rings (SSSR count). The van der Waals surface area contributed by atoms with Crippen molar-refractivity contribution in [2.75, 3.05) is 0 Å². The van der Waals surface area contributed by atoms with E-state index in [0.29, 0.717) is 29.6 Å². The second-order valence-corrected chi connectivity index (χ2v) is 7.20. The molecule has 1 amide bonds. The van der Waals surface area contributed by atoms with Gasteiger partial charge in [0.2, 0.25) is 5.89 Å². The normalized spacial score (nSPS) is 24.4. The molecule has 0 N–H and O–H groups in total. The number of halogens is 1. The number of carbonyl (C=O) groups is 1. The summed E-state index contributed by atoms with van der Waals surface area (Å²) in [5.74, 6) is 0.823. The summed E-state index contributed by atoms with van der Waals surface area (Å²) < 4.78 is 18.6. The molecule has 6 heteroatoms. The molecule has 0 spiro atoms. The van der Waals surface area contributed by atoms with E-state index in [1.165, 1.54) is 26.2 Å². The Morgan fingerprint density at radius 2 is 2.08 bits per heavy atom. The average molecular weight is 343 g/mol. The first-order chi connectivity index (χ1) is 12.0. The highest BCUT2D eigenvalue weighted by Gasteiger charge is 2.36. The van der Waals surface area contributed by atoms with Gasteiger partial charge in [-0.1, -0.05) is 25.8 Å². The molecule has 1 aromatic carbocycles. The first-order valence-electron chi connectivity index (χ1n) is 8.96. The van der Waals surface area contributed by atoms with Gasteiger partial charge in [0, 0.05) is 23.7 Å². The van der Waals surface area contributed by atoms with E-state index in [1.807, 2.05) is 17.0 Å². The van der Waals surface area contributed by atoms with Crippen molar-refractivity contribution < 1.29 is 13.6 Å². The van der Waals surface area contributed by atoms with Crippen LogP contribution in [0.25, 0.3) is 11.5 Å². The maximum atomic E-state index is 13.3. The first kappa shape index (κ1) is 16.2. The molecule has 132 valence electrons. The predicted octanol–water partition coefficient (Wildman–Crippen LogP) is 4.30. The maximum Gasteiger partial charge on any atom is 0.254 e. The van der Waals surface area contributed by atoms with Gasteiger partial charge in [0.25, 0.3) is 11.8 Å². The predicted molar refractivity (Wildman–Crippen MR) is 90.6 cm³/mol. The Morgan fingerprint density at radius 3 is 2.80 bits per heavy atom. The molecule has 0 bridgehead atoms. The Labute approximate surface area is 146 Å². The van der Waals surface area contributed by atoms with E-state index in [4.69, 9.17) is 4.42 Å². The third-order valence-corrected chi connectivity index (χ3v) is 5.44. The molecule has 0 saturated heterocycles. The van der Waals surface area contributed by atoms with Crippen molar-refractivity contribution in [3.8, 4) is 11.5 Å². The molecule has 1 aliphatic carbocycles. The van der Waals surface area contributed by atoms with E-state index in [0.717, 1.165) is 12.0 Å². The van der Waals surface area contributed by atoms with Crippen LogP contribution in [0.2, 0.25) is 0 Å². The molecular weight excluding hydrogens is 321 g/mol. The molecule has 1 fully saturated rings. The number of fused-ring (bicyclic) bond motifs is 1. The molecule has 2 aliphatic rings. The van der Waals surface area contributed by atoms with Gasteiger partial charge in [-0.15, -0.1) is 10.2 Å². The summed E-state index contributed by atoms with van der Waals surface area (Å²) >= 11 is 0. The number of benzene rings is 1. The van der Waals surface area contributed by atoms with Crippen molar-refractivity contribution in [3.63, 3.8) is 0 Å². The van der Waals surface area contributed by atoms with Crippen LogP contribution in [0, 0.1) is 5.92 Å². The number of carbonyl (C=O) groups excluding carboxylic acids is 1. The zero-order valence-corrected chi connectivity index (χ0v) is 14.5. The lowest BCUT2D eigenvalue weighted by molar-refractivity contribution is 0.0579. The summed E-state index contributed by atoms with van der Waals surface area (Å²) in [4.78, 5) is 15.0. The van der Waals surface area contributed by atoms with Crippen molar-refractivity contribution in [1.29, 1.82) is 0 Å². The van der Waals surface area contributed by atoms with Crippen LogP contribution in [0.5, 0.6) is 0 Å². The van der Waals surface area contributed by atoms with E-state index in [9.17, 15) is 9.18 Å². The minimum atomic E-state index is -1.31. The van der Waals surface area contributed by atoms with E-state index in [1.54, 1.807) is 6.07 Å². The Morgan fingerprint density at radius 1 is 1.28 bits per heavy atom. The summed E-state index contributed by atoms with van der Waals surface area (Å²) in [5, 5.41) is 7.61. The SMILES string of the molecule is CC(F)c1nnc(-c2ccc3c(c2)C(=O)N([C@@H]2CCCC[C@H]2C)C3)o1. The highest BCUT2D eigenvalue weighted by molar-refractivity contribution is 5.99. The van der Waals surface area contributed by atoms with Gasteiger partial charge >= 0.3 is 0 Å². The van der Waals surface area contributed by atoms with Crippen molar-refractivity contribution in [3.05, 3.63) is 35.2 Å². The summed E-state index contributed by atoms with van der Waals surface area (Å²) in [6.45, 7) is 4.26. The second kappa shape index (κ2) is 6.24. The van der Waals surface area contributed by atoms with Gasteiger partial charge in [-0.05, 0) is 43.4 Å². The molecular formula is C19H22FN3O2. The molecule has 25 heavy (non-hydrogen) atoms. The van der Waals surface area contributed by atoms with Crippen LogP contribution in [0.3, 0.4) is 0 Å². The maximum absolute atomic E-state index is 13.3. The monoisotopic (exact) mass is 343 g/mol. The van der Waals surface area contributed by atoms with Gasteiger partial charge in [0.15, 0.2) is 6.17 Å². The van der Waals surface area contributed by atoms with E-state index >= 15 is 0 Å². The van der Waals surface area contributed by atoms with Gasteiger partial charge in [0.05, 0.1) is 0 Å². The van der Waals surface area contributed by atoms with E-state index < -0.39 is 6.17 Å². The number of amides is 1. The van der Waals surface area contributed by atoms with Crippen LogP contribution in [0.15, 0.2) is 22.6 Å². The molecule has 5 nitrogen and oxygen atoms in total. The number of nitrogens with zero attached hydrogens (tertiary/aromatic N) is 3. The molecule has 2 heterocycles. The van der Waals surface area contributed by atoms with Gasteiger partial charge in [-0.25, -0.2) is 4.39 Å². The smallest absolute Gasteiger partial charge is 0.254 e. The van der Waals surface area contributed by atoms with Crippen LogP contribution < -0.4 is 0 Å². The largest absolute Gasteiger partial charge is 0.418 e. The Balaban J connectivity index is 1.61. The van der Waals surface area contributed by atoms with Crippen LogP contribution in [-0.2, 0) is 6.54 Å². The number of hydrogen-bond acceptors (Lipinski definition) is 4. The Bertz CT molecular complexity index is 802. The molecule has 1 unspecified atom stereocenters. The van der Waals surface area contributed by atoms with E-state index in [2.05, 4.69) is 17.1 Å². The topological polar surface area (TPSA) is 59.2 Å². The fourth-order valence-corrected chi connectivity index (χ4v) is 4.00. The van der Waals surface area contributed by atoms with Crippen LogP contribution in [-0.4, -0.2) is 27.0 Å². The number of aromatic nitrogens is 2. The number of alkyl halides is 1. The third-order valence-electron chi connectivity index (χ3n) is 5.44. The molecule has 3 atom stereocenters. The fourth-order valence-electron chi connectivity index (χ4n) is 4.00. The highest BCUT2D eigenvalue weighted by atomic mass is 19.1. The van der Waals surface area contributed by atoms with Crippen molar-refractivity contribution in [1.82, 2.24) is 15.1 Å². The van der Waals surface area contributed by atoms with Gasteiger partial charge in [0.1, 0.15) is 0 Å². The minimum Gasteiger partial charge on any atom is -0.418 e. The number of rotatable bonds is 3. The summed E-state index contributed by atoms with van der Waals surface area (Å²) in [7, 11) is 0. The van der Waals surface area contributed by atoms with Crippen LogP contribution in [0.4, 0.5) is 4.39 Å². The molecule has 1 saturated carbocycles. The Kier molecular flexibility index (Phi) is 4.06. The Hall–Kier alpha value is -2.24. The lowest BCUT2D eigenvalue weighted by Gasteiger charge is -2.36. The molecule has 1 aliphatic heterocycles. The average Bonchev–Trinajstić information content (AvgIpc) is 3.21. The highest BCUT2D eigenvalue weighted by Crippen LogP contribution is 2.35. The quantitative estimate of drug-likeness (QED) is 0.833. The van der Waals surface area contributed by atoms with Crippen molar-refractivity contribution in [2.45, 2.75) is 58.3 Å². The fraction of sp³-hybridized carbons (Fsp3) is 0.526. The van der Waals surface area contributed by atoms with Crippen LogP contribution in [0.1, 0.15) is 67.5 Å². The van der Waals surface area contributed by atoms with Gasteiger partial charge in [-0.2, -0.15) is 0 Å². The molecule has 2 aromatic rings. The lowest BCUT2D eigenvalue weighted by atomic mass is 9.85. The summed E-state index contributed by atoms with van der Waals surface area (Å²) in [5.41, 5.74) is 2.39. The minimum absolute atomic E-state index is 0.0421. The zero-order chi connectivity index (χ0) is 17.6. The summed E-state index contributed by atoms with van der Waals surface area (Å²) in [6.07, 6.45) is 3.40. The first-order valence-corrected chi connectivity index (χ1v) is 8.96. The molecule has 1 aromatic heterocycles. The third kappa shape index (κ3) is 2.83. The second-order valence-electron chi connectivity index (χ2n) is 7.20. The standard InChI is InChI=1S/C19H22FN3O2/c1-11-5-3-4-6-16(11)23-10-14-8-7-13(9-15(14)19(23)24)18-22-21-17(25-18)12(2)20/h7-9,11-12,16H,3-6,10H2,1-2H3/t11-,12?,16-/m1/s1. The molecule has 0 radical (unpaired) electrons. The van der Waals surface area contributed by atoms with E-state index in [-0.39, 0.29) is 17.7 Å². The lowest BCUT2D eigenvalue weighted by Crippen LogP contribution is -2.41. The van der Waals surface area contributed by atoms with Gasteiger partial charge in [-0.3, -0.25) is 4.79 Å². The summed E-state index contributed by atoms with van der Waals surface area (Å²) in [6, 6.07) is 5.92. The van der Waals surface area contributed by atoms with Gasteiger partial charge < -0.3 is 9.32 Å². The van der Waals surface area contributed by atoms with Crippen molar-refractivity contribution in [2.24, 2.45) is 5.92 Å². The number of hydrogen-bond donors (Lipinski definition) is 0. The zero-order valence-electron chi connectivity index (χ0n) is 14.5. The van der Waals surface area contributed by atoms with Crippen LogP contribution >= 0.6 is 0 Å².